The molecule has 0 spiro atoms. The van der Waals surface area contributed by atoms with Gasteiger partial charge in [-0.05, 0) is 38.6 Å². The van der Waals surface area contributed by atoms with Crippen molar-refractivity contribution in [3.63, 3.8) is 0 Å². The third kappa shape index (κ3) is 4.09. The molecular weight excluding hydrogens is 298 g/mol. The van der Waals surface area contributed by atoms with E-state index in [2.05, 4.69) is 42.0 Å². The number of benzene rings is 1. The maximum absolute atomic E-state index is 5.50. The lowest BCUT2D eigenvalue weighted by atomic mass is 10.1. The molecular formula is C20H23N3O. The second-order valence-electron chi connectivity index (χ2n) is 6.34. The largest absolute Gasteiger partial charge is 0.359 e. The first kappa shape index (κ1) is 16.4. The average Bonchev–Trinajstić information content (AvgIpc) is 3.04. The molecule has 4 heteroatoms. The molecule has 0 aliphatic rings. The molecule has 0 N–H and O–H groups in total. The van der Waals surface area contributed by atoms with E-state index in [9.17, 15) is 0 Å². The fourth-order valence-electron chi connectivity index (χ4n) is 2.70. The van der Waals surface area contributed by atoms with Crippen LogP contribution in [0, 0.1) is 6.92 Å². The van der Waals surface area contributed by atoms with Crippen LogP contribution in [0.4, 0.5) is 0 Å². The maximum Gasteiger partial charge on any atom is 0.151 e. The highest BCUT2D eigenvalue weighted by molar-refractivity contribution is 5.58. The third-order valence-electron chi connectivity index (χ3n) is 4.26. The standard InChI is InChI=1S/C20H23N3O/c1-15-9-10-21-18(11-15)12-16(2)23(3)14-19-13-20(22-24-19)17-7-5-4-6-8-17/h4-11,13,16H,12,14H2,1-3H3/t16-/m1/s1. The first-order valence-electron chi connectivity index (χ1n) is 8.24. The van der Waals surface area contributed by atoms with Crippen LogP contribution in [0.3, 0.4) is 0 Å². The van der Waals surface area contributed by atoms with E-state index < -0.39 is 0 Å². The minimum atomic E-state index is 0.365. The number of likely N-dealkylation sites (N-methyl/N-ethyl adjacent to an activating group) is 1. The van der Waals surface area contributed by atoms with E-state index in [0.717, 1.165) is 35.7 Å². The summed E-state index contributed by atoms with van der Waals surface area (Å²) in [5, 5.41) is 4.18. The van der Waals surface area contributed by atoms with Crippen LogP contribution < -0.4 is 0 Å². The first-order chi connectivity index (χ1) is 11.6. The zero-order valence-corrected chi connectivity index (χ0v) is 14.4. The van der Waals surface area contributed by atoms with Crippen molar-refractivity contribution in [2.24, 2.45) is 0 Å². The van der Waals surface area contributed by atoms with Crippen molar-refractivity contribution in [2.75, 3.05) is 7.05 Å². The molecule has 4 nitrogen and oxygen atoms in total. The first-order valence-corrected chi connectivity index (χ1v) is 8.24. The number of rotatable bonds is 6. The van der Waals surface area contributed by atoms with Crippen molar-refractivity contribution in [2.45, 2.75) is 32.9 Å². The number of aryl methyl sites for hydroxylation is 1. The van der Waals surface area contributed by atoms with E-state index in [1.165, 1.54) is 5.56 Å². The van der Waals surface area contributed by atoms with E-state index in [4.69, 9.17) is 4.52 Å². The summed E-state index contributed by atoms with van der Waals surface area (Å²) in [5.41, 5.74) is 4.33. The Bertz CT molecular complexity index is 782. The minimum Gasteiger partial charge on any atom is -0.359 e. The number of hydrogen-bond acceptors (Lipinski definition) is 4. The zero-order chi connectivity index (χ0) is 16.9. The van der Waals surface area contributed by atoms with Crippen LogP contribution >= 0.6 is 0 Å². The molecule has 0 aliphatic heterocycles. The van der Waals surface area contributed by atoms with Gasteiger partial charge in [0, 0.05) is 36.0 Å². The summed E-state index contributed by atoms with van der Waals surface area (Å²) in [6, 6.07) is 16.6. The van der Waals surface area contributed by atoms with Crippen molar-refractivity contribution in [1.82, 2.24) is 15.0 Å². The van der Waals surface area contributed by atoms with Crippen molar-refractivity contribution in [3.8, 4) is 11.3 Å². The Morgan fingerprint density at radius 1 is 1.12 bits per heavy atom. The van der Waals surface area contributed by atoms with Crippen molar-refractivity contribution >= 4 is 0 Å². The van der Waals surface area contributed by atoms with E-state index in [1.807, 2.05) is 48.7 Å². The number of nitrogens with zero attached hydrogens (tertiary/aromatic N) is 3. The molecule has 124 valence electrons. The summed E-state index contributed by atoms with van der Waals surface area (Å²) in [7, 11) is 2.10. The molecule has 0 radical (unpaired) electrons. The Balaban J connectivity index is 1.62. The van der Waals surface area contributed by atoms with Crippen LogP contribution in [-0.2, 0) is 13.0 Å². The van der Waals surface area contributed by atoms with Crippen LogP contribution in [0.5, 0.6) is 0 Å². The van der Waals surface area contributed by atoms with Crippen LogP contribution in [-0.4, -0.2) is 28.1 Å². The number of pyridine rings is 1. The van der Waals surface area contributed by atoms with Gasteiger partial charge >= 0.3 is 0 Å². The van der Waals surface area contributed by atoms with Gasteiger partial charge in [-0.2, -0.15) is 0 Å². The van der Waals surface area contributed by atoms with Crippen molar-refractivity contribution in [3.05, 3.63) is 71.7 Å². The summed E-state index contributed by atoms with van der Waals surface area (Å²) in [4.78, 5) is 6.71. The van der Waals surface area contributed by atoms with Gasteiger partial charge < -0.3 is 4.52 Å². The van der Waals surface area contributed by atoms with Crippen molar-refractivity contribution in [1.29, 1.82) is 0 Å². The lowest BCUT2D eigenvalue weighted by Gasteiger charge is -2.23. The fourth-order valence-corrected chi connectivity index (χ4v) is 2.70. The van der Waals surface area contributed by atoms with Crippen LogP contribution in [0.2, 0.25) is 0 Å². The highest BCUT2D eigenvalue weighted by atomic mass is 16.5. The predicted octanol–water partition coefficient (Wildman–Crippen LogP) is 4.11. The lowest BCUT2D eigenvalue weighted by molar-refractivity contribution is 0.217. The molecule has 0 aliphatic carbocycles. The topological polar surface area (TPSA) is 42.2 Å². The molecule has 0 amide bonds. The van der Waals surface area contributed by atoms with E-state index in [-0.39, 0.29) is 0 Å². The second-order valence-corrected chi connectivity index (χ2v) is 6.34. The van der Waals surface area contributed by atoms with Crippen molar-refractivity contribution < 1.29 is 4.52 Å². The third-order valence-corrected chi connectivity index (χ3v) is 4.26. The van der Waals surface area contributed by atoms with Crippen LogP contribution in [0.25, 0.3) is 11.3 Å². The monoisotopic (exact) mass is 321 g/mol. The Kier molecular flexibility index (Phi) is 5.06. The molecule has 0 unspecified atom stereocenters. The summed E-state index contributed by atoms with van der Waals surface area (Å²) in [6.07, 6.45) is 2.79. The summed E-state index contributed by atoms with van der Waals surface area (Å²) in [5.74, 6) is 0.875. The summed E-state index contributed by atoms with van der Waals surface area (Å²) in [6.45, 7) is 5.03. The van der Waals surface area contributed by atoms with Gasteiger partial charge in [0.15, 0.2) is 5.76 Å². The Morgan fingerprint density at radius 3 is 2.67 bits per heavy atom. The summed E-state index contributed by atoms with van der Waals surface area (Å²) < 4.78 is 5.50. The number of aromatic nitrogens is 2. The molecule has 2 heterocycles. The Morgan fingerprint density at radius 2 is 1.92 bits per heavy atom. The SMILES string of the molecule is Cc1ccnc(C[C@@H](C)N(C)Cc2cc(-c3ccccc3)no2)c1. The smallest absolute Gasteiger partial charge is 0.151 e. The molecule has 24 heavy (non-hydrogen) atoms. The van der Waals surface area contributed by atoms with Gasteiger partial charge in [-0.25, -0.2) is 0 Å². The molecule has 0 saturated carbocycles. The Hall–Kier alpha value is -2.46. The quantitative estimate of drug-likeness (QED) is 0.685. The van der Waals surface area contributed by atoms with Gasteiger partial charge in [-0.3, -0.25) is 9.88 Å². The minimum absolute atomic E-state index is 0.365. The molecule has 0 fully saturated rings. The molecule has 1 atom stereocenters. The van der Waals surface area contributed by atoms with Gasteiger partial charge in [0.25, 0.3) is 0 Å². The van der Waals surface area contributed by atoms with Gasteiger partial charge in [0.05, 0.1) is 6.54 Å². The van der Waals surface area contributed by atoms with Gasteiger partial charge in [0.1, 0.15) is 5.69 Å². The van der Waals surface area contributed by atoms with Gasteiger partial charge in [-0.15, -0.1) is 0 Å². The van der Waals surface area contributed by atoms with E-state index >= 15 is 0 Å². The predicted molar refractivity (Wildman–Crippen MR) is 95.5 cm³/mol. The van der Waals surface area contributed by atoms with E-state index in [0.29, 0.717) is 6.04 Å². The van der Waals surface area contributed by atoms with Crippen LogP contribution in [0.15, 0.2) is 59.3 Å². The molecule has 2 aromatic heterocycles. The number of hydrogen-bond donors (Lipinski definition) is 0. The maximum atomic E-state index is 5.50. The summed E-state index contributed by atoms with van der Waals surface area (Å²) >= 11 is 0. The average molecular weight is 321 g/mol. The zero-order valence-electron chi connectivity index (χ0n) is 14.4. The normalized spacial score (nSPS) is 12.5. The lowest BCUT2D eigenvalue weighted by Crippen LogP contribution is -2.30. The molecule has 1 aromatic carbocycles. The molecule has 0 bridgehead atoms. The highest BCUT2D eigenvalue weighted by Crippen LogP contribution is 2.20. The molecule has 3 rings (SSSR count). The van der Waals surface area contributed by atoms with E-state index in [1.54, 1.807) is 0 Å². The molecule has 0 saturated heterocycles. The fraction of sp³-hybridized carbons (Fsp3) is 0.300. The highest BCUT2D eigenvalue weighted by Gasteiger charge is 2.14. The second kappa shape index (κ2) is 7.41. The Labute approximate surface area is 143 Å². The molecule has 3 aromatic rings. The van der Waals surface area contributed by atoms with Gasteiger partial charge in [0.2, 0.25) is 0 Å². The van der Waals surface area contributed by atoms with Gasteiger partial charge in [-0.1, -0.05) is 35.5 Å². The van der Waals surface area contributed by atoms with Crippen LogP contribution in [0.1, 0.15) is 23.9 Å².